The van der Waals surface area contributed by atoms with Gasteiger partial charge in [0.05, 0.1) is 11.0 Å². The molecule has 0 saturated carbocycles. The van der Waals surface area contributed by atoms with Crippen molar-refractivity contribution in [3.05, 3.63) is 33.7 Å². The molecule has 3 rings (SSSR count). The van der Waals surface area contributed by atoms with E-state index >= 15 is 0 Å². The number of aromatic nitrogens is 2. The van der Waals surface area contributed by atoms with Crippen LogP contribution in [-0.2, 0) is 9.53 Å². The van der Waals surface area contributed by atoms with Crippen LogP contribution in [0.15, 0.2) is 23.0 Å². The maximum atomic E-state index is 12.3. The number of nitrogens with one attached hydrogen (secondary N) is 1. The molecule has 1 aliphatic rings. The van der Waals surface area contributed by atoms with Gasteiger partial charge in [-0.05, 0) is 38.0 Å². The molecule has 0 bridgehead atoms. The Hall–Kier alpha value is -1.79. The molecule has 23 heavy (non-hydrogen) atoms. The summed E-state index contributed by atoms with van der Waals surface area (Å²) in [5, 5.41) is 0.599. The SMILES string of the molecule is CCOCC(=O)N1CCC(n2c(=O)[nH]c3cc(Cl)ccc32)CC1. The number of hydrogen-bond donors (Lipinski definition) is 1. The lowest BCUT2D eigenvalue weighted by atomic mass is 10.0. The van der Waals surface area contributed by atoms with Gasteiger partial charge in [-0.2, -0.15) is 0 Å². The second kappa shape index (κ2) is 6.76. The second-order valence-electron chi connectivity index (χ2n) is 5.71. The summed E-state index contributed by atoms with van der Waals surface area (Å²) in [5.41, 5.74) is 1.48. The first-order valence-corrected chi connectivity index (χ1v) is 8.23. The number of carbonyl (C=O) groups excluding carboxylic acids is 1. The maximum absolute atomic E-state index is 12.3. The summed E-state index contributed by atoms with van der Waals surface area (Å²) in [4.78, 5) is 28.9. The molecule has 0 atom stereocenters. The average molecular weight is 338 g/mol. The molecule has 1 aromatic heterocycles. The molecule has 0 radical (unpaired) electrons. The van der Waals surface area contributed by atoms with E-state index in [1.807, 2.05) is 17.9 Å². The van der Waals surface area contributed by atoms with Crippen LogP contribution in [0.25, 0.3) is 11.0 Å². The lowest BCUT2D eigenvalue weighted by molar-refractivity contribution is -0.137. The predicted molar refractivity (Wildman–Crippen MR) is 88.9 cm³/mol. The molecular formula is C16H20ClN3O3. The van der Waals surface area contributed by atoms with Crippen LogP contribution in [0, 0.1) is 0 Å². The van der Waals surface area contributed by atoms with Crippen molar-refractivity contribution in [1.29, 1.82) is 0 Å². The van der Waals surface area contributed by atoms with E-state index in [0.29, 0.717) is 24.7 Å². The summed E-state index contributed by atoms with van der Waals surface area (Å²) in [7, 11) is 0. The molecule has 0 spiro atoms. The van der Waals surface area contributed by atoms with Crippen LogP contribution in [-0.4, -0.2) is 46.7 Å². The number of amides is 1. The van der Waals surface area contributed by atoms with Crippen LogP contribution >= 0.6 is 11.6 Å². The third kappa shape index (κ3) is 3.28. The quantitative estimate of drug-likeness (QED) is 0.929. The van der Waals surface area contributed by atoms with E-state index in [2.05, 4.69) is 4.98 Å². The number of halogens is 1. The lowest BCUT2D eigenvalue weighted by Gasteiger charge is -2.32. The molecule has 1 amide bonds. The first kappa shape index (κ1) is 16.1. The number of rotatable bonds is 4. The van der Waals surface area contributed by atoms with Crippen LogP contribution < -0.4 is 5.69 Å². The third-order valence-electron chi connectivity index (χ3n) is 4.29. The van der Waals surface area contributed by atoms with Crippen LogP contribution in [0.2, 0.25) is 5.02 Å². The molecule has 0 aliphatic carbocycles. The summed E-state index contributed by atoms with van der Waals surface area (Å²) < 4.78 is 6.96. The van der Waals surface area contributed by atoms with Gasteiger partial charge in [-0.15, -0.1) is 0 Å². The van der Waals surface area contributed by atoms with Crippen molar-refractivity contribution in [3.8, 4) is 0 Å². The van der Waals surface area contributed by atoms with Gasteiger partial charge in [0.2, 0.25) is 5.91 Å². The Kier molecular flexibility index (Phi) is 4.73. The van der Waals surface area contributed by atoms with Crippen LogP contribution in [0.1, 0.15) is 25.8 Å². The highest BCUT2D eigenvalue weighted by atomic mass is 35.5. The van der Waals surface area contributed by atoms with Gasteiger partial charge in [0, 0.05) is 30.8 Å². The number of aromatic amines is 1. The predicted octanol–water partition coefficient (Wildman–Crippen LogP) is 2.18. The molecule has 1 aliphatic heterocycles. The number of fused-ring (bicyclic) bond motifs is 1. The first-order valence-electron chi connectivity index (χ1n) is 7.85. The number of imidazole rings is 1. The number of nitrogens with zero attached hydrogens (tertiary/aromatic N) is 2. The van der Waals surface area contributed by atoms with Crippen LogP contribution in [0.5, 0.6) is 0 Å². The largest absolute Gasteiger partial charge is 0.372 e. The standard InChI is InChI=1S/C16H20ClN3O3/c1-2-23-10-15(21)19-7-5-12(6-8-19)20-14-4-3-11(17)9-13(14)18-16(20)22/h3-4,9,12H,2,5-8,10H2,1H3,(H,18,22). The summed E-state index contributed by atoms with van der Waals surface area (Å²) in [6, 6.07) is 5.50. The number of likely N-dealkylation sites (tertiary alicyclic amines) is 1. The van der Waals surface area contributed by atoms with Gasteiger partial charge in [-0.1, -0.05) is 11.6 Å². The lowest BCUT2D eigenvalue weighted by Crippen LogP contribution is -2.42. The van der Waals surface area contributed by atoms with Gasteiger partial charge in [0.25, 0.3) is 0 Å². The molecular weight excluding hydrogens is 318 g/mol. The fourth-order valence-corrected chi connectivity index (χ4v) is 3.29. The highest BCUT2D eigenvalue weighted by molar-refractivity contribution is 6.31. The van der Waals surface area contributed by atoms with E-state index in [1.165, 1.54) is 0 Å². The number of carbonyl (C=O) groups is 1. The van der Waals surface area contributed by atoms with Gasteiger partial charge in [-0.3, -0.25) is 9.36 Å². The number of hydrogen-bond acceptors (Lipinski definition) is 3. The summed E-state index contributed by atoms with van der Waals surface area (Å²) in [6.45, 7) is 3.82. The summed E-state index contributed by atoms with van der Waals surface area (Å²) >= 11 is 5.97. The maximum Gasteiger partial charge on any atom is 0.326 e. The van der Waals surface area contributed by atoms with E-state index in [0.717, 1.165) is 23.9 Å². The van der Waals surface area contributed by atoms with Gasteiger partial charge >= 0.3 is 5.69 Å². The minimum Gasteiger partial charge on any atom is -0.372 e. The summed E-state index contributed by atoms with van der Waals surface area (Å²) in [6.07, 6.45) is 1.51. The van der Waals surface area contributed by atoms with Crippen molar-refractivity contribution in [1.82, 2.24) is 14.5 Å². The van der Waals surface area contributed by atoms with Crippen molar-refractivity contribution in [2.24, 2.45) is 0 Å². The number of piperidine rings is 1. The van der Waals surface area contributed by atoms with Crippen molar-refractivity contribution in [2.45, 2.75) is 25.8 Å². The molecule has 2 heterocycles. The Labute approximate surface area is 139 Å². The van der Waals surface area contributed by atoms with E-state index < -0.39 is 0 Å². The third-order valence-corrected chi connectivity index (χ3v) is 4.53. The Balaban J connectivity index is 1.74. The van der Waals surface area contributed by atoms with Crippen molar-refractivity contribution >= 4 is 28.5 Å². The van der Waals surface area contributed by atoms with Crippen LogP contribution in [0.3, 0.4) is 0 Å². The zero-order valence-corrected chi connectivity index (χ0v) is 13.8. The summed E-state index contributed by atoms with van der Waals surface area (Å²) in [5.74, 6) is 0.0170. The second-order valence-corrected chi connectivity index (χ2v) is 6.15. The Morgan fingerprint density at radius 3 is 2.83 bits per heavy atom. The average Bonchev–Trinajstić information content (AvgIpc) is 2.87. The van der Waals surface area contributed by atoms with E-state index in [1.54, 1.807) is 16.7 Å². The van der Waals surface area contributed by atoms with Crippen molar-refractivity contribution in [2.75, 3.05) is 26.3 Å². The number of H-pyrrole nitrogens is 1. The zero-order valence-electron chi connectivity index (χ0n) is 13.0. The molecule has 6 nitrogen and oxygen atoms in total. The topological polar surface area (TPSA) is 67.3 Å². The minimum atomic E-state index is -0.124. The molecule has 1 saturated heterocycles. The van der Waals surface area contributed by atoms with E-state index in [4.69, 9.17) is 16.3 Å². The van der Waals surface area contributed by atoms with E-state index in [9.17, 15) is 9.59 Å². The minimum absolute atomic E-state index is 0.0170. The van der Waals surface area contributed by atoms with Gasteiger partial charge < -0.3 is 14.6 Å². The number of ether oxygens (including phenoxy) is 1. The van der Waals surface area contributed by atoms with Gasteiger partial charge in [-0.25, -0.2) is 4.79 Å². The van der Waals surface area contributed by atoms with Crippen molar-refractivity contribution < 1.29 is 9.53 Å². The highest BCUT2D eigenvalue weighted by Gasteiger charge is 2.25. The smallest absolute Gasteiger partial charge is 0.326 e. The molecule has 1 fully saturated rings. The zero-order chi connectivity index (χ0) is 16.4. The van der Waals surface area contributed by atoms with Crippen LogP contribution in [0.4, 0.5) is 0 Å². The normalized spacial score (nSPS) is 16.2. The fraction of sp³-hybridized carbons (Fsp3) is 0.500. The molecule has 2 aromatic rings. The fourth-order valence-electron chi connectivity index (χ4n) is 3.12. The Morgan fingerprint density at radius 2 is 2.13 bits per heavy atom. The first-order chi connectivity index (χ1) is 11.1. The molecule has 0 unspecified atom stereocenters. The molecule has 124 valence electrons. The van der Waals surface area contributed by atoms with Crippen molar-refractivity contribution in [3.63, 3.8) is 0 Å². The molecule has 7 heteroatoms. The Bertz CT molecular complexity index is 760. The number of benzene rings is 1. The monoisotopic (exact) mass is 337 g/mol. The van der Waals surface area contributed by atoms with E-state index in [-0.39, 0.29) is 24.2 Å². The highest BCUT2D eigenvalue weighted by Crippen LogP contribution is 2.26. The molecule has 1 N–H and O–H groups in total. The van der Waals surface area contributed by atoms with Gasteiger partial charge in [0.1, 0.15) is 6.61 Å². The van der Waals surface area contributed by atoms with Gasteiger partial charge in [0.15, 0.2) is 0 Å². The Morgan fingerprint density at radius 1 is 1.39 bits per heavy atom. The molecule has 1 aromatic carbocycles.